The Labute approximate surface area is 127 Å². The van der Waals surface area contributed by atoms with Crippen LogP contribution in [0, 0.1) is 12.8 Å². The lowest BCUT2D eigenvalue weighted by atomic mass is 9.91. The van der Waals surface area contributed by atoms with Crippen molar-refractivity contribution in [2.24, 2.45) is 5.92 Å². The summed E-state index contributed by atoms with van der Waals surface area (Å²) in [6.45, 7) is 4.41. The maximum Gasteiger partial charge on any atom is 0.303 e. The van der Waals surface area contributed by atoms with Crippen LogP contribution in [-0.2, 0) is 11.2 Å². The molecule has 114 valence electrons. The monoisotopic (exact) mass is 287 g/mol. The summed E-state index contributed by atoms with van der Waals surface area (Å²) in [5, 5.41) is 8.87. The van der Waals surface area contributed by atoms with E-state index in [-0.39, 0.29) is 0 Å². The van der Waals surface area contributed by atoms with Crippen molar-refractivity contribution in [3.8, 4) is 0 Å². The lowest BCUT2D eigenvalue weighted by molar-refractivity contribution is -0.137. The Balaban J connectivity index is 1.68. The number of aliphatic carboxylic acids is 1. The van der Waals surface area contributed by atoms with Crippen molar-refractivity contribution in [2.45, 2.75) is 51.5 Å². The fourth-order valence-electron chi connectivity index (χ4n) is 4.02. The molecule has 3 nitrogen and oxygen atoms in total. The van der Waals surface area contributed by atoms with Gasteiger partial charge in [0.15, 0.2) is 0 Å². The number of benzene rings is 1. The minimum Gasteiger partial charge on any atom is -0.481 e. The number of aryl methyl sites for hydroxylation is 2. The Hall–Kier alpha value is -1.35. The topological polar surface area (TPSA) is 40.5 Å². The van der Waals surface area contributed by atoms with Gasteiger partial charge in [0, 0.05) is 19.0 Å². The second-order valence-electron chi connectivity index (χ2n) is 6.69. The standard InChI is InChI=1S/C18H25NO2/c1-13-4-6-15-7-8-17(16(15)11-13)19-10-2-3-14(12-19)5-9-18(20)21/h4,6,11,14,17H,2-3,5,7-10,12H2,1H3,(H,20,21). The Bertz CT molecular complexity index is 526. The van der Waals surface area contributed by atoms with Gasteiger partial charge in [-0.1, -0.05) is 23.8 Å². The van der Waals surface area contributed by atoms with Crippen LogP contribution in [0.15, 0.2) is 18.2 Å². The number of nitrogens with zero attached hydrogens (tertiary/aromatic N) is 1. The van der Waals surface area contributed by atoms with Gasteiger partial charge in [-0.15, -0.1) is 0 Å². The lowest BCUT2D eigenvalue weighted by Gasteiger charge is -2.37. The van der Waals surface area contributed by atoms with Crippen LogP contribution in [0.25, 0.3) is 0 Å². The van der Waals surface area contributed by atoms with Crippen molar-refractivity contribution in [1.82, 2.24) is 4.90 Å². The molecule has 1 aromatic rings. The van der Waals surface area contributed by atoms with Crippen LogP contribution in [0.3, 0.4) is 0 Å². The smallest absolute Gasteiger partial charge is 0.303 e. The van der Waals surface area contributed by atoms with E-state index < -0.39 is 5.97 Å². The zero-order chi connectivity index (χ0) is 14.8. The summed E-state index contributed by atoms with van der Waals surface area (Å²) in [4.78, 5) is 13.4. The highest BCUT2D eigenvalue weighted by molar-refractivity contribution is 5.66. The highest BCUT2D eigenvalue weighted by Gasteiger charge is 2.31. The van der Waals surface area contributed by atoms with E-state index in [1.54, 1.807) is 0 Å². The van der Waals surface area contributed by atoms with Crippen LogP contribution in [-0.4, -0.2) is 29.1 Å². The van der Waals surface area contributed by atoms with Gasteiger partial charge in [-0.25, -0.2) is 0 Å². The SMILES string of the molecule is Cc1ccc2c(c1)C(N1CCCC(CCC(=O)O)C1)CC2. The van der Waals surface area contributed by atoms with Crippen molar-refractivity contribution in [1.29, 1.82) is 0 Å². The van der Waals surface area contributed by atoms with E-state index in [9.17, 15) is 4.79 Å². The molecule has 0 radical (unpaired) electrons. The molecule has 1 N–H and O–H groups in total. The fourth-order valence-corrected chi connectivity index (χ4v) is 4.02. The molecule has 1 saturated heterocycles. The normalized spacial score (nSPS) is 25.8. The van der Waals surface area contributed by atoms with Crippen molar-refractivity contribution in [3.63, 3.8) is 0 Å². The molecule has 1 aliphatic heterocycles. The lowest BCUT2D eigenvalue weighted by Crippen LogP contribution is -2.37. The van der Waals surface area contributed by atoms with Crippen LogP contribution in [0.4, 0.5) is 0 Å². The zero-order valence-electron chi connectivity index (χ0n) is 12.8. The predicted octanol–water partition coefficient (Wildman–Crippen LogP) is 3.56. The van der Waals surface area contributed by atoms with Gasteiger partial charge < -0.3 is 5.11 Å². The molecular formula is C18H25NO2. The summed E-state index contributed by atoms with van der Waals surface area (Å²) in [5.41, 5.74) is 4.38. The van der Waals surface area contributed by atoms with Crippen molar-refractivity contribution in [2.75, 3.05) is 13.1 Å². The maximum absolute atomic E-state index is 10.8. The highest BCUT2D eigenvalue weighted by Crippen LogP contribution is 2.38. The zero-order valence-corrected chi connectivity index (χ0v) is 12.8. The van der Waals surface area contributed by atoms with Crippen LogP contribution in [0.2, 0.25) is 0 Å². The van der Waals surface area contributed by atoms with E-state index in [1.165, 1.54) is 48.9 Å². The van der Waals surface area contributed by atoms with Crippen LogP contribution >= 0.6 is 0 Å². The van der Waals surface area contributed by atoms with E-state index in [1.807, 2.05) is 0 Å². The van der Waals surface area contributed by atoms with E-state index in [0.29, 0.717) is 18.4 Å². The summed E-state index contributed by atoms with van der Waals surface area (Å²) >= 11 is 0. The summed E-state index contributed by atoms with van der Waals surface area (Å²) in [6.07, 6.45) is 5.97. The van der Waals surface area contributed by atoms with Crippen molar-refractivity contribution < 1.29 is 9.90 Å². The van der Waals surface area contributed by atoms with Gasteiger partial charge in [0.25, 0.3) is 0 Å². The molecule has 2 atom stereocenters. The molecule has 1 fully saturated rings. The van der Waals surface area contributed by atoms with E-state index in [4.69, 9.17) is 5.11 Å². The number of carboxylic acids is 1. The molecule has 21 heavy (non-hydrogen) atoms. The molecule has 0 saturated carbocycles. The first-order valence-electron chi connectivity index (χ1n) is 8.19. The molecule has 1 heterocycles. The Morgan fingerprint density at radius 2 is 2.24 bits per heavy atom. The average molecular weight is 287 g/mol. The third-order valence-corrected chi connectivity index (χ3v) is 5.11. The van der Waals surface area contributed by atoms with Crippen LogP contribution in [0.1, 0.15) is 54.8 Å². The summed E-state index contributed by atoms with van der Waals surface area (Å²) in [6, 6.07) is 7.42. The first kappa shape index (κ1) is 14.6. The number of piperidine rings is 1. The number of carbonyl (C=O) groups is 1. The number of rotatable bonds is 4. The molecule has 0 bridgehead atoms. The number of fused-ring (bicyclic) bond motifs is 1. The number of carboxylic acid groups (broad SMARTS) is 1. The van der Waals surface area contributed by atoms with Crippen molar-refractivity contribution in [3.05, 3.63) is 34.9 Å². The Kier molecular flexibility index (Phi) is 4.29. The summed E-state index contributed by atoms with van der Waals surface area (Å²) in [7, 11) is 0. The molecule has 0 amide bonds. The molecule has 0 spiro atoms. The van der Waals surface area contributed by atoms with Crippen molar-refractivity contribution >= 4 is 5.97 Å². The van der Waals surface area contributed by atoms with Gasteiger partial charge in [-0.05, 0) is 62.6 Å². The second kappa shape index (κ2) is 6.18. The largest absolute Gasteiger partial charge is 0.481 e. The quantitative estimate of drug-likeness (QED) is 0.920. The third kappa shape index (κ3) is 3.29. The first-order valence-corrected chi connectivity index (χ1v) is 8.19. The number of hydrogen-bond acceptors (Lipinski definition) is 2. The Morgan fingerprint density at radius 1 is 1.38 bits per heavy atom. The second-order valence-corrected chi connectivity index (χ2v) is 6.69. The fraction of sp³-hybridized carbons (Fsp3) is 0.611. The van der Waals surface area contributed by atoms with Gasteiger partial charge in [0.2, 0.25) is 0 Å². The van der Waals surface area contributed by atoms with E-state index >= 15 is 0 Å². The molecular weight excluding hydrogens is 262 g/mol. The summed E-state index contributed by atoms with van der Waals surface area (Å²) < 4.78 is 0. The number of likely N-dealkylation sites (tertiary alicyclic amines) is 1. The van der Waals surface area contributed by atoms with Gasteiger partial charge in [0.05, 0.1) is 0 Å². The molecule has 3 heteroatoms. The molecule has 2 unspecified atom stereocenters. The summed E-state index contributed by atoms with van der Waals surface area (Å²) in [5.74, 6) is -0.0994. The minimum absolute atomic E-state index is 0.318. The van der Waals surface area contributed by atoms with E-state index in [0.717, 1.165) is 13.0 Å². The number of hydrogen-bond donors (Lipinski definition) is 1. The van der Waals surface area contributed by atoms with Gasteiger partial charge in [-0.3, -0.25) is 9.69 Å². The molecule has 3 rings (SSSR count). The van der Waals surface area contributed by atoms with Gasteiger partial charge >= 0.3 is 5.97 Å². The van der Waals surface area contributed by atoms with Gasteiger partial charge in [-0.2, -0.15) is 0 Å². The van der Waals surface area contributed by atoms with E-state index in [2.05, 4.69) is 30.0 Å². The Morgan fingerprint density at radius 3 is 3.05 bits per heavy atom. The van der Waals surface area contributed by atoms with Gasteiger partial charge in [0.1, 0.15) is 0 Å². The first-order chi connectivity index (χ1) is 10.1. The minimum atomic E-state index is -0.658. The van der Waals surface area contributed by atoms with Crippen LogP contribution < -0.4 is 0 Å². The maximum atomic E-state index is 10.8. The molecule has 1 aliphatic carbocycles. The third-order valence-electron chi connectivity index (χ3n) is 5.11. The molecule has 1 aromatic carbocycles. The molecule has 2 aliphatic rings. The van der Waals surface area contributed by atoms with Crippen LogP contribution in [0.5, 0.6) is 0 Å². The molecule has 0 aromatic heterocycles. The average Bonchev–Trinajstić information content (AvgIpc) is 2.88. The highest BCUT2D eigenvalue weighted by atomic mass is 16.4. The predicted molar refractivity (Wildman–Crippen MR) is 83.4 cm³/mol.